The van der Waals surface area contributed by atoms with Gasteiger partial charge in [-0.3, -0.25) is 10.4 Å². The third-order valence-electron chi connectivity index (χ3n) is 1.98. The summed E-state index contributed by atoms with van der Waals surface area (Å²) in [5.74, 6) is 0. The third kappa shape index (κ3) is 1.96. The molecule has 0 radical (unpaired) electrons. The fourth-order valence-corrected chi connectivity index (χ4v) is 1.23. The van der Waals surface area contributed by atoms with E-state index in [0.717, 1.165) is 6.54 Å². The molecule has 0 fully saturated rings. The molecule has 4 nitrogen and oxygen atoms in total. The normalized spacial score (nSPS) is 14.7. The van der Waals surface area contributed by atoms with E-state index in [1.54, 1.807) is 0 Å². The van der Waals surface area contributed by atoms with E-state index in [-0.39, 0.29) is 0 Å². The second-order valence-corrected chi connectivity index (χ2v) is 3.16. The van der Waals surface area contributed by atoms with Crippen molar-refractivity contribution in [2.45, 2.75) is 13.5 Å². The average Bonchev–Trinajstić information content (AvgIpc) is 2.62. The predicted octanol–water partition coefficient (Wildman–Crippen LogP) is 1.64. The molecule has 1 heterocycles. The maximum absolute atomic E-state index is 3.90. The minimum absolute atomic E-state index is 0.702. The van der Waals surface area contributed by atoms with E-state index in [4.69, 9.17) is 0 Å². The van der Waals surface area contributed by atoms with Gasteiger partial charge < -0.3 is 0 Å². The van der Waals surface area contributed by atoms with E-state index in [9.17, 15) is 0 Å². The Balaban J connectivity index is 2.01. The van der Waals surface area contributed by atoms with Gasteiger partial charge in [0, 0.05) is 0 Å². The predicted molar refractivity (Wildman–Crippen MR) is 49.6 cm³/mol. The second-order valence-electron chi connectivity index (χ2n) is 3.16. The van der Waals surface area contributed by atoms with Crippen molar-refractivity contribution in [1.29, 1.82) is 0 Å². The van der Waals surface area contributed by atoms with Crippen molar-refractivity contribution in [2.75, 3.05) is 6.67 Å². The van der Waals surface area contributed by atoms with E-state index in [1.165, 1.54) is 11.1 Å². The van der Waals surface area contributed by atoms with Crippen molar-refractivity contribution in [2.24, 2.45) is 10.4 Å². The van der Waals surface area contributed by atoms with Gasteiger partial charge in [0.05, 0.1) is 6.54 Å². The molecule has 0 atom stereocenters. The molecule has 1 aliphatic rings. The highest BCUT2D eigenvalue weighted by atomic mass is 15.7. The molecule has 1 aliphatic heterocycles. The average molecular weight is 176 g/mol. The van der Waals surface area contributed by atoms with Crippen LogP contribution in [0.15, 0.2) is 34.7 Å². The molecule has 13 heavy (non-hydrogen) atoms. The van der Waals surface area contributed by atoms with E-state index in [1.807, 2.05) is 5.01 Å². The lowest BCUT2D eigenvalue weighted by atomic mass is 10.1. The zero-order valence-electron chi connectivity index (χ0n) is 7.57. The van der Waals surface area contributed by atoms with E-state index >= 15 is 0 Å². The lowest BCUT2D eigenvalue weighted by Gasteiger charge is -2.10. The maximum Gasteiger partial charge on any atom is 0.124 e. The molecule has 0 unspecified atom stereocenters. The van der Waals surface area contributed by atoms with Gasteiger partial charge in [0.2, 0.25) is 0 Å². The second kappa shape index (κ2) is 3.43. The lowest BCUT2D eigenvalue weighted by molar-refractivity contribution is 0.299. The van der Waals surface area contributed by atoms with Crippen molar-refractivity contribution in [1.82, 2.24) is 10.4 Å². The molecule has 68 valence electrons. The number of hydrogen-bond acceptors (Lipinski definition) is 4. The molecular weight excluding hydrogens is 164 g/mol. The van der Waals surface area contributed by atoms with Crippen LogP contribution in [-0.2, 0) is 6.54 Å². The molecule has 1 aromatic carbocycles. The fourth-order valence-electron chi connectivity index (χ4n) is 1.23. The van der Waals surface area contributed by atoms with E-state index in [0.29, 0.717) is 6.67 Å². The van der Waals surface area contributed by atoms with Gasteiger partial charge in [-0.05, 0) is 12.5 Å². The SMILES string of the molecule is Cc1ccc(CN2CNN=N2)cc1. The van der Waals surface area contributed by atoms with Crippen LogP contribution in [0.4, 0.5) is 0 Å². The van der Waals surface area contributed by atoms with E-state index < -0.39 is 0 Å². The monoisotopic (exact) mass is 176 g/mol. The van der Waals surface area contributed by atoms with Gasteiger partial charge in [-0.15, -0.1) is 0 Å². The molecule has 1 N–H and O–H groups in total. The quantitative estimate of drug-likeness (QED) is 0.744. The molecule has 0 spiro atoms. The van der Waals surface area contributed by atoms with Gasteiger partial charge in [0.15, 0.2) is 0 Å². The largest absolute Gasteiger partial charge is 0.269 e. The molecule has 0 aromatic heterocycles. The number of aryl methyl sites for hydroxylation is 1. The van der Waals surface area contributed by atoms with Gasteiger partial charge in [0.1, 0.15) is 6.67 Å². The zero-order chi connectivity index (χ0) is 9.10. The molecule has 0 saturated carbocycles. The van der Waals surface area contributed by atoms with Crippen LogP contribution < -0.4 is 5.43 Å². The third-order valence-corrected chi connectivity index (χ3v) is 1.98. The minimum atomic E-state index is 0.702. The Hall–Kier alpha value is -1.58. The Labute approximate surface area is 77.2 Å². The lowest BCUT2D eigenvalue weighted by Crippen LogP contribution is -2.19. The summed E-state index contributed by atoms with van der Waals surface area (Å²) >= 11 is 0. The molecule has 0 amide bonds. The number of nitrogens with one attached hydrogen (secondary N) is 1. The van der Waals surface area contributed by atoms with Gasteiger partial charge in [0.25, 0.3) is 0 Å². The van der Waals surface area contributed by atoms with Crippen LogP contribution in [-0.4, -0.2) is 11.7 Å². The Morgan fingerprint density at radius 2 is 2.15 bits per heavy atom. The number of rotatable bonds is 2. The van der Waals surface area contributed by atoms with Crippen LogP contribution in [0.3, 0.4) is 0 Å². The first-order valence-electron chi connectivity index (χ1n) is 4.28. The number of nitrogens with zero attached hydrogens (tertiary/aromatic N) is 3. The van der Waals surface area contributed by atoms with Crippen LogP contribution in [0.2, 0.25) is 0 Å². The highest BCUT2D eigenvalue weighted by Gasteiger charge is 2.05. The smallest absolute Gasteiger partial charge is 0.124 e. The van der Waals surface area contributed by atoms with Crippen molar-refractivity contribution < 1.29 is 0 Å². The van der Waals surface area contributed by atoms with Gasteiger partial charge in [-0.1, -0.05) is 40.3 Å². The number of hydrogen-bond donors (Lipinski definition) is 1. The summed E-state index contributed by atoms with van der Waals surface area (Å²) < 4.78 is 0. The summed E-state index contributed by atoms with van der Waals surface area (Å²) in [5, 5.41) is 9.46. The van der Waals surface area contributed by atoms with Crippen LogP contribution in [0.5, 0.6) is 0 Å². The van der Waals surface area contributed by atoms with Crippen LogP contribution in [0, 0.1) is 6.92 Å². The topological polar surface area (TPSA) is 40.0 Å². The van der Waals surface area contributed by atoms with Crippen molar-refractivity contribution in [3.8, 4) is 0 Å². The van der Waals surface area contributed by atoms with Crippen molar-refractivity contribution in [3.05, 3.63) is 35.4 Å². The summed E-state index contributed by atoms with van der Waals surface area (Å²) in [5.41, 5.74) is 5.33. The fraction of sp³-hybridized carbons (Fsp3) is 0.333. The molecular formula is C9H12N4. The Bertz CT molecular complexity index is 304. The minimum Gasteiger partial charge on any atom is -0.269 e. The Morgan fingerprint density at radius 1 is 1.38 bits per heavy atom. The van der Waals surface area contributed by atoms with E-state index in [2.05, 4.69) is 47.1 Å². The summed E-state index contributed by atoms with van der Waals surface area (Å²) in [6.07, 6.45) is 0. The van der Waals surface area contributed by atoms with Crippen LogP contribution in [0.25, 0.3) is 0 Å². The van der Waals surface area contributed by atoms with Crippen molar-refractivity contribution >= 4 is 0 Å². The first kappa shape index (κ1) is 8.04. The highest BCUT2D eigenvalue weighted by molar-refractivity contribution is 5.21. The van der Waals surface area contributed by atoms with Gasteiger partial charge in [-0.25, -0.2) is 0 Å². The molecule has 4 heteroatoms. The van der Waals surface area contributed by atoms with Crippen LogP contribution in [0.1, 0.15) is 11.1 Å². The summed E-state index contributed by atoms with van der Waals surface area (Å²) in [4.78, 5) is 0. The Kier molecular flexibility index (Phi) is 2.12. The molecule has 1 aromatic rings. The highest BCUT2D eigenvalue weighted by Crippen LogP contribution is 2.08. The van der Waals surface area contributed by atoms with Gasteiger partial charge >= 0.3 is 0 Å². The first-order valence-corrected chi connectivity index (χ1v) is 4.28. The number of benzene rings is 1. The van der Waals surface area contributed by atoms with Crippen molar-refractivity contribution in [3.63, 3.8) is 0 Å². The summed E-state index contributed by atoms with van der Waals surface area (Å²) in [6, 6.07) is 8.44. The summed E-state index contributed by atoms with van der Waals surface area (Å²) in [7, 11) is 0. The van der Waals surface area contributed by atoms with Gasteiger partial charge in [-0.2, -0.15) is 0 Å². The van der Waals surface area contributed by atoms with Crippen LogP contribution >= 0.6 is 0 Å². The standard InChI is InChI=1S/C9H12N4/c1-8-2-4-9(5-3-8)6-13-7-10-11-12-13/h2-5H,6-7H2,1H3,(H,10,12). The maximum atomic E-state index is 3.90. The summed E-state index contributed by atoms with van der Waals surface area (Å²) in [6.45, 7) is 3.60. The Morgan fingerprint density at radius 3 is 2.77 bits per heavy atom. The molecule has 0 saturated heterocycles. The zero-order valence-corrected chi connectivity index (χ0v) is 7.57. The first-order chi connectivity index (χ1) is 6.34. The molecule has 0 aliphatic carbocycles. The molecule has 0 bridgehead atoms. The molecule has 2 rings (SSSR count).